The van der Waals surface area contributed by atoms with Crippen molar-refractivity contribution in [2.24, 2.45) is 0 Å². The molecule has 4 heteroatoms. The minimum Gasteiger partial charge on any atom is -0.207 e. The fourth-order valence-electron chi connectivity index (χ4n) is 5.97. The second-order valence-corrected chi connectivity index (χ2v) is 12.9. The highest BCUT2D eigenvalue weighted by Crippen LogP contribution is 2.49. The van der Waals surface area contributed by atoms with Gasteiger partial charge in [-0.05, 0) is 72.7 Å². The lowest BCUT2D eigenvalue weighted by Gasteiger charge is -2.31. The Balaban J connectivity index is 1.74. The molecule has 0 heterocycles. The molecule has 7 aromatic rings. The monoisotopic (exact) mass is 530 g/mol. The summed E-state index contributed by atoms with van der Waals surface area (Å²) in [5.41, 5.74) is 0. The molecular formula is C35H22F3P. The van der Waals surface area contributed by atoms with Gasteiger partial charge in [0.15, 0.2) is 0 Å². The summed E-state index contributed by atoms with van der Waals surface area (Å²) in [6.07, 6.45) is 4.75. The Morgan fingerprint density at radius 2 is 0.795 bits per heavy atom. The molecule has 0 atom stereocenters. The van der Waals surface area contributed by atoms with E-state index in [0.717, 1.165) is 65.8 Å². The number of halogens is 3. The molecule has 0 aliphatic rings. The molecule has 0 amide bonds. The summed E-state index contributed by atoms with van der Waals surface area (Å²) >= 11 is 0. The topological polar surface area (TPSA) is 0 Å². The van der Waals surface area contributed by atoms with Crippen LogP contribution in [0.3, 0.4) is 0 Å². The van der Waals surface area contributed by atoms with Gasteiger partial charge in [-0.1, -0.05) is 103 Å². The first-order chi connectivity index (χ1) is 19.0. The maximum absolute atomic E-state index is 15.9. The quantitative estimate of drug-likeness (QED) is 0.159. The van der Waals surface area contributed by atoms with Crippen LogP contribution in [0.15, 0.2) is 121 Å². The molecule has 0 aromatic heterocycles. The van der Waals surface area contributed by atoms with E-state index in [2.05, 4.69) is 12.1 Å². The fourth-order valence-corrected chi connectivity index (χ4v) is 9.50. The largest absolute Gasteiger partial charge is 0.207 e. The Morgan fingerprint density at radius 1 is 0.436 bits per heavy atom. The minimum absolute atomic E-state index is 0.176. The standard InChI is InChI=1S/C35H22F3P/c1-39(35-31(37)20-24(36)21-32(35)38,33-18-22-10-2-4-12-25(22)27-14-6-8-16-29(27)33)34-19-23-11-3-5-13-26(23)28-15-7-9-17-30(28)34/h2-21H,1H2. The van der Waals surface area contributed by atoms with Gasteiger partial charge in [0.1, 0.15) is 17.5 Å². The first-order valence-electron chi connectivity index (χ1n) is 12.7. The molecule has 0 aliphatic heterocycles. The first kappa shape index (κ1) is 23.8. The van der Waals surface area contributed by atoms with Gasteiger partial charge in [-0.2, -0.15) is 0 Å². The van der Waals surface area contributed by atoms with Gasteiger partial charge in [-0.25, -0.2) is 13.2 Å². The van der Waals surface area contributed by atoms with Crippen LogP contribution in [0, 0.1) is 17.5 Å². The fraction of sp³-hybridized carbons (Fsp3) is 0. The van der Waals surface area contributed by atoms with E-state index in [-0.39, 0.29) is 5.30 Å². The second kappa shape index (κ2) is 8.86. The van der Waals surface area contributed by atoms with Crippen molar-refractivity contribution in [2.75, 3.05) is 0 Å². The van der Waals surface area contributed by atoms with E-state index in [1.165, 1.54) is 0 Å². The average molecular weight is 531 g/mol. The maximum Gasteiger partial charge on any atom is 0.137 e. The zero-order chi connectivity index (χ0) is 26.7. The van der Waals surface area contributed by atoms with Crippen LogP contribution >= 0.6 is 6.89 Å². The molecule has 188 valence electrons. The van der Waals surface area contributed by atoms with Gasteiger partial charge in [-0.3, -0.25) is 0 Å². The van der Waals surface area contributed by atoms with Gasteiger partial charge in [0.05, 0.1) is 5.30 Å². The van der Waals surface area contributed by atoms with Crippen molar-refractivity contribution in [1.29, 1.82) is 0 Å². The Morgan fingerprint density at radius 3 is 1.23 bits per heavy atom. The van der Waals surface area contributed by atoms with Crippen molar-refractivity contribution in [1.82, 2.24) is 0 Å². The third-order valence-electron chi connectivity index (χ3n) is 7.68. The van der Waals surface area contributed by atoms with E-state index in [1.54, 1.807) is 0 Å². The highest BCUT2D eigenvalue weighted by atomic mass is 31.2. The third-order valence-corrected chi connectivity index (χ3v) is 11.3. The summed E-state index contributed by atoms with van der Waals surface area (Å²) in [5, 5.41) is 9.03. The molecule has 39 heavy (non-hydrogen) atoms. The van der Waals surface area contributed by atoms with Gasteiger partial charge in [0.2, 0.25) is 0 Å². The van der Waals surface area contributed by atoms with Gasteiger partial charge >= 0.3 is 0 Å². The molecule has 0 saturated heterocycles. The van der Waals surface area contributed by atoms with Crippen molar-refractivity contribution in [3.05, 3.63) is 139 Å². The number of rotatable bonds is 3. The summed E-state index contributed by atoms with van der Waals surface area (Å²) < 4.78 is 46.1. The molecule has 0 N–H and O–H groups in total. The van der Waals surface area contributed by atoms with Crippen LogP contribution in [0.4, 0.5) is 13.2 Å². The van der Waals surface area contributed by atoms with E-state index in [4.69, 9.17) is 6.30 Å². The van der Waals surface area contributed by atoms with Crippen molar-refractivity contribution >= 4 is 72.2 Å². The lowest BCUT2D eigenvalue weighted by atomic mass is 10.0. The van der Waals surface area contributed by atoms with E-state index >= 15 is 8.78 Å². The van der Waals surface area contributed by atoms with Crippen LogP contribution in [-0.4, -0.2) is 6.30 Å². The predicted molar refractivity (Wildman–Crippen MR) is 162 cm³/mol. The van der Waals surface area contributed by atoms with Gasteiger partial charge in [0.25, 0.3) is 0 Å². The minimum atomic E-state index is -3.29. The number of hydrogen-bond donors (Lipinski definition) is 0. The molecule has 0 nitrogen and oxygen atoms in total. The Kier molecular flexibility index (Phi) is 5.40. The van der Waals surface area contributed by atoms with E-state index in [0.29, 0.717) is 0 Å². The van der Waals surface area contributed by atoms with Crippen molar-refractivity contribution in [3.8, 4) is 0 Å². The van der Waals surface area contributed by atoms with Crippen molar-refractivity contribution < 1.29 is 13.2 Å². The Bertz CT molecular complexity index is 2000. The molecular weight excluding hydrogens is 508 g/mol. The van der Waals surface area contributed by atoms with E-state index in [9.17, 15) is 4.39 Å². The van der Waals surface area contributed by atoms with Gasteiger partial charge < -0.3 is 0 Å². The predicted octanol–water partition coefficient (Wildman–Crippen LogP) is 8.44. The van der Waals surface area contributed by atoms with Crippen LogP contribution in [0.1, 0.15) is 0 Å². The number of hydrogen-bond acceptors (Lipinski definition) is 0. The first-order valence-corrected chi connectivity index (χ1v) is 14.6. The third kappa shape index (κ3) is 3.54. The Labute approximate surface area is 223 Å². The summed E-state index contributed by atoms with van der Waals surface area (Å²) in [6.45, 7) is -3.29. The molecule has 0 unspecified atom stereocenters. The van der Waals surface area contributed by atoms with E-state index in [1.807, 2.05) is 97.1 Å². The number of benzene rings is 7. The van der Waals surface area contributed by atoms with Gasteiger partial charge in [0, 0.05) is 12.1 Å². The van der Waals surface area contributed by atoms with Crippen LogP contribution in [-0.2, 0) is 0 Å². The van der Waals surface area contributed by atoms with E-state index < -0.39 is 24.3 Å². The second-order valence-electron chi connectivity index (χ2n) is 9.85. The molecule has 0 bridgehead atoms. The highest BCUT2D eigenvalue weighted by molar-refractivity contribution is 7.94. The van der Waals surface area contributed by atoms with Crippen LogP contribution in [0.25, 0.3) is 43.1 Å². The molecule has 0 aliphatic carbocycles. The molecule has 7 rings (SSSR count). The Hall–Kier alpha value is -4.33. The molecule has 7 aromatic carbocycles. The van der Waals surface area contributed by atoms with Crippen LogP contribution in [0.2, 0.25) is 0 Å². The molecule has 0 spiro atoms. The lowest BCUT2D eigenvalue weighted by molar-refractivity contribution is 0.554. The smallest absolute Gasteiger partial charge is 0.137 e. The number of fused-ring (bicyclic) bond motifs is 6. The summed E-state index contributed by atoms with van der Waals surface area (Å²) in [7, 11) is 0. The summed E-state index contributed by atoms with van der Waals surface area (Å²) in [5.74, 6) is -2.80. The summed E-state index contributed by atoms with van der Waals surface area (Å²) in [6, 6.07) is 37.4. The van der Waals surface area contributed by atoms with Crippen LogP contribution in [0.5, 0.6) is 0 Å². The normalized spacial score (nSPS) is 12.1. The zero-order valence-electron chi connectivity index (χ0n) is 20.8. The van der Waals surface area contributed by atoms with Crippen molar-refractivity contribution in [3.63, 3.8) is 0 Å². The lowest BCUT2D eigenvalue weighted by Crippen LogP contribution is -2.31. The SMILES string of the molecule is C=P(c1c(F)cc(F)cc1F)(c1cc2ccccc2c2ccccc12)c1cc2ccccc2c2ccccc12. The van der Waals surface area contributed by atoms with Crippen molar-refractivity contribution in [2.45, 2.75) is 0 Å². The zero-order valence-corrected chi connectivity index (χ0v) is 21.7. The summed E-state index contributed by atoms with van der Waals surface area (Å²) in [4.78, 5) is 0. The highest BCUT2D eigenvalue weighted by Gasteiger charge is 2.33. The maximum atomic E-state index is 15.9. The van der Waals surface area contributed by atoms with Gasteiger partial charge in [-0.15, -0.1) is 0 Å². The molecule has 0 radical (unpaired) electrons. The average Bonchev–Trinajstić information content (AvgIpc) is 2.95. The van der Waals surface area contributed by atoms with Crippen LogP contribution < -0.4 is 15.9 Å². The molecule has 0 fully saturated rings. The molecule has 0 saturated carbocycles.